The van der Waals surface area contributed by atoms with Gasteiger partial charge in [0, 0.05) is 12.1 Å². The number of nitrogen functional groups attached to an aromatic ring is 1. The van der Waals surface area contributed by atoms with Crippen molar-refractivity contribution in [1.29, 1.82) is 0 Å². The Hall–Kier alpha value is -2.31. The third-order valence-electron chi connectivity index (χ3n) is 2.23. The highest BCUT2D eigenvalue weighted by Gasteiger charge is 2.21. The van der Waals surface area contributed by atoms with Crippen LogP contribution < -0.4 is 10.5 Å². The van der Waals surface area contributed by atoms with Gasteiger partial charge < -0.3 is 15.6 Å². The first-order valence-electron chi connectivity index (χ1n) is 4.60. The third-order valence-corrected chi connectivity index (χ3v) is 2.23. The lowest BCUT2D eigenvalue weighted by Crippen LogP contribution is -1.95. The lowest BCUT2D eigenvalue weighted by atomic mass is 10.1. The van der Waals surface area contributed by atoms with Crippen molar-refractivity contribution >= 4 is 5.82 Å². The predicted molar refractivity (Wildman–Crippen MR) is 56.6 cm³/mol. The van der Waals surface area contributed by atoms with Gasteiger partial charge in [-0.1, -0.05) is 0 Å². The van der Waals surface area contributed by atoms with Gasteiger partial charge in [0.15, 0.2) is 23.1 Å². The first kappa shape index (κ1) is 11.2. The second-order valence-corrected chi connectivity index (χ2v) is 3.30. The Morgan fingerprint density at radius 1 is 1.35 bits per heavy atom. The molecule has 0 bridgehead atoms. The fraction of sp³-hybridized carbons (Fsp3) is 0.100. The molecule has 0 fully saturated rings. The lowest BCUT2D eigenvalue weighted by Gasteiger charge is -2.10. The molecule has 2 aromatic rings. The largest absolute Gasteiger partial charge is 0.504 e. The summed E-state index contributed by atoms with van der Waals surface area (Å²) in [5, 5.41) is 15.6. The first-order valence-corrected chi connectivity index (χ1v) is 4.60. The molecule has 90 valence electrons. The molecule has 1 aromatic carbocycles. The van der Waals surface area contributed by atoms with Crippen LogP contribution in [0.5, 0.6) is 11.5 Å². The van der Waals surface area contributed by atoms with Crippen LogP contribution in [0.2, 0.25) is 0 Å². The minimum absolute atomic E-state index is 0.131. The van der Waals surface area contributed by atoms with Crippen LogP contribution in [0.3, 0.4) is 0 Å². The van der Waals surface area contributed by atoms with Crippen LogP contribution in [0, 0.1) is 11.6 Å². The van der Waals surface area contributed by atoms with Gasteiger partial charge in [-0.25, -0.2) is 8.78 Å². The van der Waals surface area contributed by atoms with E-state index in [0.717, 1.165) is 0 Å². The highest BCUT2D eigenvalue weighted by Crippen LogP contribution is 2.40. The van der Waals surface area contributed by atoms with Gasteiger partial charge in [-0.3, -0.25) is 5.10 Å². The number of aromatic nitrogens is 2. The van der Waals surface area contributed by atoms with Crippen LogP contribution in [0.15, 0.2) is 12.1 Å². The number of phenolic OH excluding ortho intramolecular Hbond substituents is 1. The number of aromatic amines is 1. The molecule has 0 spiro atoms. The van der Waals surface area contributed by atoms with Crippen molar-refractivity contribution in [2.24, 2.45) is 0 Å². The minimum atomic E-state index is -1.09. The van der Waals surface area contributed by atoms with Crippen molar-refractivity contribution in [3.8, 4) is 22.8 Å². The van der Waals surface area contributed by atoms with E-state index in [2.05, 4.69) is 10.2 Å². The van der Waals surface area contributed by atoms with Crippen LogP contribution >= 0.6 is 0 Å². The van der Waals surface area contributed by atoms with Crippen molar-refractivity contribution in [3.05, 3.63) is 23.8 Å². The smallest absolute Gasteiger partial charge is 0.168 e. The number of nitrogens with two attached hydrogens (primary N) is 1. The van der Waals surface area contributed by atoms with Crippen molar-refractivity contribution in [2.75, 3.05) is 12.8 Å². The van der Waals surface area contributed by atoms with Crippen molar-refractivity contribution in [1.82, 2.24) is 10.2 Å². The zero-order chi connectivity index (χ0) is 12.6. The van der Waals surface area contributed by atoms with E-state index < -0.39 is 17.4 Å². The number of phenols is 1. The molecule has 0 aliphatic rings. The highest BCUT2D eigenvalue weighted by molar-refractivity contribution is 5.75. The molecule has 0 saturated heterocycles. The van der Waals surface area contributed by atoms with Gasteiger partial charge in [-0.2, -0.15) is 5.10 Å². The Morgan fingerprint density at radius 2 is 2.06 bits per heavy atom. The first-order chi connectivity index (χ1) is 8.04. The molecular formula is C10H9F2N3O2. The number of benzene rings is 1. The summed E-state index contributed by atoms with van der Waals surface area (Å²) < 4.78 is 31.5. The van der Waals surface area contributed by atoms with Gasteiger partial charge in [0.25, 0.3) is 0 Å². The molecule has 0 amide bonds. The molecular weight excluding hydrogens is 232 g/mol. The fourth-order valence-electron chi connectivity index (χ4n) is 1.51. The second kappa shape index (κ2) is 3.93. The molecule has 0 aliphatic heterocycles. The summed E-state index contributed by atoms with van der Waals surface area (Å²) >= 11 is 0. The van der Waals surface area contributed by atoms with Crippen molar-refractivity contribution < 1.29 is 18.6 Å². The van der Waals surface area contributed by atoms with Crippen LogP contribution in [0.25, 0.3) is 11.3 Å². The normalized spacial score (nSPS) is 10.5. The van der Waals surface area contributed by atoms with E-state index in [1.54, 1.807) is 0 Å². The van der Waals surface area contributed by atoms with E-state index in [-0.39, 0.29) is 22.8 Å². The molecule has 1 aromatic heterocycles. The SMILES string of the molecule is COc1c(F)cc(F)c(O)c1-c1cc(N)n[nH]1. The van der Waals surface area contributed by atoms with Crippen LogP contribution in [-0.2, 0) is 0 Å². The van der Waals surface area contributed by atoms with E-state index >= 15 is 0 Å². The fourth-order valence-corrected chi connectivity index (χ4v) is 1.51. The number of ether oxygens (including phenoxy) is 1. The van der Waals surface area contributed by atoms with E-state index in [9.17, 15) is 13.9 Å². The van der Waals surface area contributed by atoms with Crippen molar-refractivity contribution in [2.45, 2.75) is 0 Å². The van der Waals surface area contributed by atoms with E-state index in [1.807, 2.05) is 0 Å². The van der Waals surface area contributed by atoms with Gasteiger partial charge in [0.1, 0.15) is 5.82 Å². The van der Waals surface area contributed by atoms with Gasteiger partial charge >= 0.3 is 0 Å². The summed E-state index contributed by atoms with van der Waals surface area (Å²) in [6.07, 6.45) is 0. The Bertz CT molecular complexity index is 569. The number of H-pyrrole nitrogens is 1. The number of hydrogen-bond acceptors (Lipinski definition) is 4. The van der Waals surface area contributed by atoms with Gasteiger partial charge in [0.2, 0.25) is 0 Å². The van der Waals surface area contributed by atoms with Gasteiger partial charge in [-0.05, 0) is 0 Å². The summed E-state index contributed by atoms with van der Waals surface area (Å²) in [6, 6.07) is 1.87. The monoisotopic (exact) mass is 241 g/mol. The maximum Gasteiger partial charge on any atom is 0.168 e. The van der Waals surface area contributed by atoms with E-state index in [1.165, 1.54) is 13.2 Å². The van der Waals surface area contributed by atoms with Crippen LogP contribution in [0.1, 0.15) is 0 Å². The number of nitrogens with zero attached hydrogens (tertiary/aromatic N) is 1. The third kappa shape index (κ3) is 1.75. The minimum Gasteiger partial charge on any atom is -0.504 e. The topological polar surface area (TPSA) is 84.2 Å². The number of rotatable bonds is 2. The summed E-state index contributed by atoms with van der Waals surface area (Å²) in [5.74, 6) is -2.90. The average Bonchev–Trinajstić information content (AvgIpc) is 2.69. The maximum atomic E-state index is 13.4. The standard InChI is InChI=1S/C10H9F2N3O2/c1-17-10-5(12)2-4(11)9(16)8(10)6-3-7(13)15-14-6/h2-3,16H,1H3,(H3,13,14,15). The Balaban J connectivity index is 2.74. The molecule has 5 nitrogen and oxygen atoms in total. The average molecular weight is 241 g/mol. The van der Waals surface area contributed by atoms with Crippen molar-refractivity contribution in [3.63, 3.8) is 0 Å². The summed E-state index contributed by atoms with van der Waals surface area (Å²) in [5.41, 5.74) is 5.39. The summed E-state index contributed by atoms with van der Waals surface area (Å²) in [7, 11) is 1.21. The van der Waals surface area contributed by atoms with Crippen LogP contribution in [0.4, 0.5) is 14.6 Å². The molecule has 0 radical (unpaired) electrons. The number of nitrogens with one attached hydrogen (secondary N) is 1. The van der Waals surface area contributed by atoms with E-state index in [0.29, 0.717) is 6.07 Å². The van der Waals surface area contributed by atoms with Gasteiger partial charge in [-0.15, -0.1) is 0 Å². The Labute approximate surface area is 94.8 Å². The molecule has 0 saturated carbocycles. The summed E-state index contributed by atoms with van der Waals surface area (Å²) in [6.45, 7) is 0. The van der Waals surface area contributed by atoms with E-state index in [4.69, 9.17) is 10.5 Å². The number of hydrogen-bond donors (Lipinski definition) is 3. The number of aromatic hydroxyl groups is 1. The maximum absolute atomic E-state index is 13.4. The highest BCUT2D eigenvalue weighted by atomic mass is 19.1. The lowest BCUT2D eigenvalue weighted by molar-refractivity contribution is 0.373. The molecule has 4 N–H and O–H groups in total. The molecule has 0 atom stereocenters. The number of methoxy groups -OCH3 is 1. The zero-order valence-electron chi connectivity index (χ0n) is 8.79. The van der Waals surface area contributed by atoms with Gasteiger partial charge in [0.05, 0.1) is 18.4 Å². The molecule has 0 unspecified atom stereocenters. The quantitative estimate of drug-likeness (QED) is 0.746. The number of halogens is 2. The molecule has 7 heteroatoms. The summed E-state index contributed by atoms with van der Waals surface area (Å²) in [4.78, 5) is 0. The second-order valence-electron chi connectivity index (χ2n) is 3.30. The molecule has 0 aliphatic carbocycles. The Kier molecular flexibility index (Phi) is 2.58. The molecule has 17 heavy (non-hydrogen) atoms. The molecule has 1 heterocycles. The van der Waals surface area contributed by atoms with Crippen LogP contribution in [-0.4, -0.2) is 22.4 Å². The zero-order valence-corrected chi connectivity index (χ0v) is 8.79. The predicted octanol–water partition coefficient (Wildman–Crippen LogP) is 1.65. The number of anilines is 1. The Morgan fingerprint density at radius 3 is 2.59 bits per heavy atom. The molecule has 2 rings (SSSR count).